The molecule has 1 N–H and O–H groups in total. The molecule has 0 spiro atoms. The summed E-state index contributed by atoms with van der Waals surface area (Å²) < 4.78 is 0.0736. The zero-order valence-corrected chi connectivity index (χ0v) is 9.44. The number of carboxylic acids is 1. The van der Waals surface area contributed by atoms with Crippen LogP contribution in [0.15, 0.2) is 12.1 Å². The quantitative estimate of drug-likeness (QED) is 0.514. The molecule has 0 aliphatic rings. The van der Waals surface area contributed by atoms with Crippen LogP contribution in [0.3, 0.4) is 0 Å². The average molecular weight is 327 g/mol. The van der Waals surface area contributed by atoms with Crippen molar-refractivity contribution in [3.63, 3.8) is 0 Å². The summed E-state index contributed by atoms with van der Waals surface area (Å²) in [6.07, 6.45) is 0. The van der Waals surface area contributed by atoms with E-state index in [4.69, 9.17) is 16.7 Å². The smallest absolute Gasteiger partial charge is 0.337 e. The molecule has 14 heavy (non-hydrogen) atoms. The molecule has 7 heteroatoms. The standard InChI is InChI=1S/C7H3ClINO4/c8-3-1-4(7(11)12)6(9)5(2-3)10(13)14/h1-2H,(H,11,12). The fourth-order valence-electron chi connectivity index (χ4n) is 0.863. The Bertz CT molecular complexity index is 385. The van der Waals surface area contributed by atoms with Crippen LogP contribution < -0.4 is 0 Å². The molecule has 0 atom stereocenters. The van der Waals surface area contributed by atoms with Gasteiger partial charge in [-0.15, -0.1) is 0 Å². The number of hydrogen-bond acceptors (Lipinski definition) is 3. The molecule has 1 aromatic rings. The van der Waals surface area contributed by atoms with Gasteiger partial charge in [-0.25, -0.2) is 4.79 Å². The zero-order chi connectivity index (χ0) is 10.9. The van der Waals surface area contributed by atoms with Crippen LogP contribution in [0.5, 0.6) is 0 Å². The summed E-state index contributed by atoms with van der Waals surface area (Å²) in [6, 6.07) is 2.30. The van der Waals surface area contributed by atoms with Crippen molar-refractivity contribution in [1.29, 1.82) is 0 Å². The van der Waals surface area contributed by atoms with Crippen molar-refractivity contribution in [3.8, 4) is 0 Å². The van der Waals surface area contributed by atoms with Gasteiger partial charge in [0.1, 0.15) is 3.57 Å². The first-order valence-electron chi connectivity index (χ1n) is 3.30. The van der Waals surface area contributed by atoms with Crippen molar-refractivity contribution in [3.05, 3.63) is 36.4 Å². The van der Waals surface area contributed by atoms with Gasteiger partial charge in [0.15, 0.2) is 0 Å². The molecule has 0 saturated carbocycles. The Labute approximate surface area is 97.0 Å². The Morgan fingerprint density at radius 1 is 1.57 bits per heavy atom. The SMILES string of the molecule is O=C(O)c1cc(Cl)cc([N+](=O)[O-])c1I. The lowest BCUT2D eigenvalue weighted by molar-refractivity contribution is -0.385. The highest BCUT2D eigenvalue weighted by atomic mass is 127. The Morgan fingerprint density at radius 2 is 2.14 bits per heavy atom. The number of nitro groups is 1. The minimum absolute atomic E-state index is 0.0366. The molecule has 0 aliphatic heterocycles. The van der Waals surface area contributed by atoms with Crippen LogP contribution >= 0.6 is 34.2 Å². The molecule has 0 heterocycles. The number of benzene rings is 1. The van der Waals surface area contributed by atoms with Crippen LogP contribution in [0.25, 0.3) is 0 Å². The summed E-state index contributed by atoms with van der Waals surface area (Å²) >= 11 is 7.15. The van der Waals surface area contributed by atoms with Gasteiger partial charge >= 0.3 is 5.97 Å². The summed E-state index contributed by atoms with van der Waals surface area (Å²) in [5, 5.41) is 19.2. The van der Waals surface area contributed by atoms with E-state index in [1.54, 1.807) is 22.6 Å². The number of hydrogen-bond donors (Lipinski definition) is 1. The minimum atomic E-state index is -1.24. The van der Waals surface area contributed by atoms with Gasteiger partial charge in [-0.2, -0.15) is 0 Å². The van der Waals surface area contributed by atoms with Crippen molar-refractivity contribution >= 4 is 45.8 Å². The summed E-state index contributed by atoms with van der Waals surface area (Å²) in [5.74, 6) is -1.24. The van der Waals surface area contributed by atoms with E-state index in [2.05, 4.69) is 0 Å². The molecule has 0 amide bonds. The lowest BCUT2D eigenvalue weighted by atomic mass is 10.2. The third kappa shape index (κ3) is 2.13. The van der Waals surface area contributed by atoms with E-state index in [1.165, 1.54) is 6.07 Å². The molecule has 74 valence electrons. The summed E-state index contributed by atoms with van der Waals surface area (Å²) in [5.41, 5.74) is -0.458. The van der Waals surface area contributed by atoms with Crippen molar-refractivity contribution in [1.82, 2.24) is 0 Å². The molecular weight excluding hydrogens is 324 g/mol. The molecule has 0 radical (unpaired) electrons. The number of carboxylic acid groups (broad SMARTS) is 1. The number of halogens is 2. The zero-order valence-electron chi connectivity index (χ0n) is 6.53. The van der Waals surface area contributed by atoms with Gasteiger partial charge in [0.05, 0.1) is 10.5 Å². The maximum absolute atomic E-state index is 10.7. The predicted octanol–water partition coefficient (Wildman–Crippen LogP) is 2.55. The maximum Gasteiger partial charge on any atom is 0.337 e. The third-order valence-electron chi connectivity index (χ3n) is 1.45. The van der Waals surface area contributed by atoms with Gasteiger partial charge < -0.3 is 5.11 Å². The van der Waals surface area contributed by atoms with Crippen LogP contribution in [-0.4, -0.2) is 16.0 Å². The van der Waals surface area contributed by atoms with E-state index < -0.39 is 10.9 Å². The van der Waals surface area contributed by atoms with Crippen molar-refractivity contribution in [2.24, 2.45) is 0 Å². The van der Waals surface area contributed by atoms with Gasteiger partial charge in [-0.05, 0) is 28.7 Å². The largest absolute Gasteiger partial charge is 0.478 e. The minimum Gasteiger partial charge on any atom is -0.478 e. The average Bonchev–Trinajstić information content (AvgIpc) is 2.07. The van der Waals surface area contributed by atoms with Crippen molar-refractivity contribution in [2.75, 3.05) is 0 Å². The molecule has 0 aliphatic carbocycles. The predicted molar refractivity (Wildman–Crippen MR) is 57.8 cm³/mol. The van der Waals surface area contributed by atoms with E-state index in [1.807, 2.05) is 0 Å². The van der Waals surface area contributed by atoms with E-state index >= 15 is 0 Å². The second-order valence-electron chi connectivity index (χ2n) is 2.35. The van der Waals surface area contributed by atoms with Gasteiger partial charge in [-0.1, -0.05) is 11.6 Å². The van der Waals surface area contributed by atoms with Crippen molar-refractivity contribution < 1.29 is 14.8 Å². The van der Waals surface area contributed by atoms with Gasteiger partial charge in [0, 0.05) is 11.1 Å². The molecule has 0 unspecified atom stereocenters. The normalized spacial score (nSPS) is 9.86. The first-order valence-corrected chi connectivity index (χ1v) is 4.76. The summed E-state index contributed by atoms with van der Waals surface area (Å²) in [6.45, 7) is 0. The number of rotatable bonds is 2. The second-order valence-corrected chi connectivity index (χ2v) is 3.86. The molecular formula is C7H3ClINO4. The highest BCUT2D eigenvalue weighted by molar-refractivity contribution is 14.1. The van der Waals surface area contributed by atoms with E-state index in [-0.39, 0.29) is 19.8 Å². The molecule has 0 saturated heterocycles. The fraction of sp³-hybridized carbons (Fsp3) is 0. The van der Waals surface area contributed by atoms with Crippen LogP contribution in [0.1, 0.15) is 10.4 Å². The van der Waals surface area contributed by atoms with Crippen LogP contribution in [0.4, 0.5) is 5.69 Å². The van der Waals surface area contributed by atoms with Gasteiger partial charge in [0.2, 0.25) is 0 Å². The number of nitro benzene ring substituents is 1. The maximum atomic E-state index is 10.7. The Balaban J connectivity index is 3.47. The lowest BCUT2D eigenvalue weighted by Gasteiger charge is -2.00. The van der Waals surface area contributed by atoms with E-state index in [0.717, 1.165) is 6.07 Å². The molecule has 0 aromatic heterocycles. The first kappa shape index (κ1) is 11.2. The van der Waals surface area contributed by atoms with Gasteiger partial charge in [0.25, 0.3) is 5.69 Å². The van der Waals surface area contributed by atoms with E-state index in [9.17, 15) is 14.9 Å². The number of nitrogens with zero attached hydrogens (tertiary/aromatic N) is 1. The molecule has 5 nitrogen and oxygen atoms in total. The third-order valence-corrected chi connectivity index (χ3v) is 2.80. The lowest BCUT2D eigenvalue weighted by Crippen LogP contribution is -2.03. The van der Waals surface area contributed by atoms with Crippen LogP contribution in [0, 0.1) is 13.7 Å². The Morgan fingerprint density at radius 3 is 2.57 bits per heavy atom. The molecule has 1 rings (SSSR count). The summed E-state index contributed by atoms with van der Waals surface area (Å²) in [7, 11) is 0. The number of carbonyl (C=O) groups is 1. The Kier molecular flexibility index (Phi) is 3.27. The molecule has 1 aromatic carbocycles. The van der Waals surface area contributed by atoms with Gasteiger partial charge in [-0.3, -0.25) is 10.1 Å². The molecule has 0 bridgehead atoms. The van der Waals surface area contributed by atoms with Crippen LogP contribution in [0.2, 0.25) is 5.02 Å². The first-order chi connectivity index (χ1) is 6.43. The number of aromatic carboxylic acids is 1. The van der Waals surface area contributed by atoms with Crippen molar-refractivity contribution in [2.45, 2.75) is 0 Å². The topological polar surface area (TPSA) is 80.4 Å². The second kappa shape index (κ2) is 4.09. The van der Waals surface area contributed by atoms with E-state index in [0.29, 0.717) is 0 Å². The highest BCUT2D eigenvalue weighted by Gasteiger charge is 2.20. The summed E-state index contributed by atoms with van der Waals surface area (Å²) in [4.78, 5) is 20.5. The molecule has 0 fully saturated rings. The Hall–Kier alpha value is -0.890. The fourth-order valence-corrected chi connectivity index (χ4v) is 1.81. The highest BCUT2D eigenvalue weighted by Crippen LogP contribution is 2.28. The van der Waals surface area contributed by atoms with Crippen LogP contribution in [-0.2, 0) is 0 Å². The monoisotopic (exact) mass is 327 g/mol.